The fourth-order valence-electron chi connectivity index (χ4n) is 1.75. The van der Waals surface area contributed by atoms with Crippen molar-refractivity contribution in [1.29, 1.82) is 0 Å². The number of hydrogen-bond acceptors (Lipinski definition) is 2. The Balaban J connectivity index is 0.00000162. The van der Waals surface area contributed by atoms with Crippen LogP contribution in [-0.2, 0) is 10.9 Å². The van der Waals surface area contributed by atoms with Gasteiger partial charge in [-0.05, 0) is 23.8 Å². The number of morpholine rings is 1. The predicted molar refractivity (Wildman–Crippen MR) is 65.3 cm³/mol. The number of rotatable bonds is 1. The third-order valence-electron chi connectivity index (χ3n) is 2.62. The first-order valence-electron chi connectivity index (χ1n) is 5.16. The Kier molecular flexibility index (Phi) is 5.28. The van der Waals surface area contributed by atoms with E-state index in [-0.39, 0.29) is 18.4 Å². The van der Waals surface area contributed by atoms with Crippen molar-refractivity contribution in [3.63, 3.8) is 0 Å². The highest BCUT2D eigenvalue weighted by Crippen LogP contribution is 2.34. The number of nitrogens with one attached hydrogen (secondary N) is 1. The molecular formula is C11H12Cl2F3NO. The minimum Gasteiger partial charge on any atom is -0.378 e. The summed E-state index contributed by atoms with van der Waals surface area (Å²) in [7, 11) is 0. The highest BCUT2D eigenvalue weighted by molar-refractivity contribution is 6.31. The van der Waals surface area contributed by atoms with E-state index in [1.807, 2.05) is 0 Å². The molecule has 0 amide bonds. The van der Waals surface area contributed by atoms with Gasteiger partial charge in [0.1, 0.15) is 0 Å². The van der Waals surface area contributed by atoms with E-state index in [0.717, 1.165) is 12.1 Å². The molecule has 102 valence electrons. The summed E-state index contributed by atoms with van der Waals surface area (Å²) in [5, 5.41) is 3.40. The van der Waals surface area contributed by atoms with Crippen LogP contribution in [0.15, 0.2) is 18.2 Å². The molecule has 1 N–H and O–H groups in total. The van der Waals surface area contributed by atoms with Gasteiger partial charge in [-0.25, -0.2) is 0 Å². The van der Waals surface area contributed by atoms with Crippen LogP contribution in [0.4, 0.5) is 13.2 Å². The van der Waals surface area contributed by atoms with E-state index in [1.165, 1.54) is 6.07 Å². The van der Waals surface area contributed by atoms with Crippen molar-refractivity contribution < 1.29 is 17.9 Å². The first-order valence-corrected chi connectivity index (χ1v) is 5.54. The summed E-state index contributed by atoms with van der Waals surface area (Å²) in [5.74, 6) is 0. The Bertz CT molecular complexity index is 406. The number of ether oxygens (including phenoxy) is 1. The van der Waals surface area contributed by atoms with Crippen LogP contribution in [0.5, 0.6) is 0 Å². The van der Waals surface area contributed by atoms with Crippen LogP contribution in [0.2, 0.25) is 5.02 Å². The SMILES string of the molecule is Cl.FC(F)(F)c1ccc(Cl)c([C@H]2COCCN2)c1. The average Bonchev–Trinajstić information content (AvgIpc) is 2.29. The van der Waals surface area contributed by atoms with Crippen LogP contribution in [0.1, 0.15) is 17.2 Å². The molecule has 0 saturated carbocycles. The lowest BCUT2D eigenvalue weighted by molar-refractivity contribution is -0.137. The third kappa shape index (κ3) is 3.51. The van der Waals surface area contributed by atoms with Gasteiger partial charge < -0.3 is 10.1 Å². The number of hydrogen-bond donors (Lipinski definition) is 1. The molecule has 0 aliphatic carbocycles. The van der Waals surface area contributed by atoms with Crippen molar-refractivity contribution in [2.75, 3.05) is 19.8 Å². The second kappa shape index (κ2) is 6.10. The number of benzene rings is 1. The molecule has 18 heavy (non-hydrogen) atoms. The zero-order valence-corrected chi connectivity index (χ0v) is 10.8. The van der Waals surface area contributed by atoms with E-state index in [0.29, 0.717) is 30.3 Å². The molecule has 1 aromatic carbocycles. The summed E-state index contributed by atoms with van der Waals surface area (Å²) >= 11 is 5.92. The fraction of sp³-hybridized carbons (Fsp3) is 0.455. The number of alkyl halides is 3. The molecule has 1 heterocycles. The normalized spacial score (nSPS) is 20.3. The van der Waals surface area contributed by atoms with E-state index in [9.17, 15) is 13.2 Å². The Hall–Kier alpha value is -0.490. The zero-order valence-electron chi connectivity index (χ0n) is 9.26. The van der Waals surface area contributed by atoms with Gasteiger partial charge in [0.25, 0.3) is 0 Å². The lowest BCUT2D eigenvalue weighted by Crippen LogP contribution is -2.34. The summed E-state index contributed by atoms with van der Waals surface area (Å²) in [4.78, 5) is 0. The molecule has 1 aromatic rings. The average molecular weight is 302 g/mol. The molecule has 2 rings (SSSR count). The molecule has 1 saturated heterocycles. The van der Waals surface area contributed by atoms with Gasteiger partial charge in [-0.2, -0.15) is 13.2 Å². The Labute approximate surface area is 114 Å². The van der Waals surface area contributed by atoms with E-state index < -0.39 is 11.7 Å². The van der Waals surface area contributed by atoms with Gasteiger partial charge in [-0.3, -0.25) is 0 Å². The quantitative estimate of drug-likeness (QED) is 0.858. The minimum atomic E-state index is -4.35. The molecule has 0 spiro atoms. The van der Waals surface area contributed by atoms with Gasteiger partial charge in [0.2, 0.25) is 0 Å². The second-order valence-electron chi connectivity index (χ2n) is 3.82. The van der Waals surface area contributed by atoms with Gasteiger partial charge >= 0.3 is 6.18 Å². The maximum atomic E-state index is 12.6. The van der Waals surface area contributed by atoms with Crippen molar-refractivity contribution in [3.05, 3.63) is 34.3 Å². The summed E-state index contributed by atoms with van der Waals surface area (Å²) < 4.78 is 42.9. The molecule has 0 radical (unpaired) electrons. The number of halogens is 5. The highest BCUT2D eigenvalue weighted by atomic mass is 35.5. The lowest BCUT2D eigenvalue weighted by atomic mass is 10.0. The largest absolute Gasteiger partial charge is 0.416 e. The van der Waals surface area contributed by atoms with Gasteiger partial charge in [-0.1, -0.05) is 11.6 Å². The van der Waals surface area contributed by atoms with Crippen molar-refractivity contribution in [2.45, 2.75) is 12.2 Å². The van der Waals surface area contributed by atoms with E-state index >= 15 is 0 Å². The summed E-state index contributed by atoms with van der Waals surface area (Å²) in [6, 6.07) is 3.05. The fourth-order valence-corrected chi connectivity index (χ4v) is 2.00. The molecular weight excluding hydrogens is 290 g/mol. The molecule has 2 nitrogen and oxygen atoms in total. The van der Waals surface area contributed by atoms with Crippen LogP contribution >= 0.6 is 24.0 Å². The van der Waals surface area contributed by atoms with Crippen molar-refractivity contribution in [2.24, 2.45) is 0 Å². The second-order valence-corrected chi connectivity index (χ2v) is 4.22. The van der Waals surface area contributed by atoms with Crippen molar-refractivity contribution in [1.82, 2.24) is 5.32 Å². The minimum absolute atomic E-state index is 0. The predicted octanol–water partition coefficient (Wildman–Crippen LogP) is 3.44. The summed E-state index contributed by atoms with van der Waals surface area (Å²) in [6.45, 7) is 1.51. The first kappa shape index (κ1) is 15.6. The van der Waals surface area contributed by atoms with Crippen LogP contribution in [0, 0.1) is 0 Å². The molecule has 0 bridgehead atoms. The van der Waals surface area contributed by atoms with Gasteiger partial charge in [0.15, 0.2) is 0 Å². The first-order chi connectivity index (χ1) is 7.98. The maximum Gasteiger partial charge on any atom is 0.416 e. The maximum absolute atomic E-state index is 12.6. The monoisotopic (exact) mass is 301 g/mol. The van der Waals surface area contributed by atoms with Crippen molar-refractivity contribution in [3.8, 4) is 0 Å². The van der Waals surface area contributed by atoms with Crippen LogP contribution in [-0.4, -0.2) is 19.8 Å². The van der Waals surface area contributed by atoms with Gasteiger partial charge in [0.05, 0.1) is 24.8 Å². The van der Waals surface area contributed by atoms with Crippen LogP contribution < -0.4 is 5.32 Å². The smallest absolute Gasteiger partial charge is 0.378 e. The molecule has 0 unspecified atom stereocenters. The Morgan fingerprint density at radius 3 is 2.61 bits per heavy atom. The van der Waals surface area contributed by atoms with Crippen LogP contribution in [0.3, 0.4) is 0 Å². The highest BCUT2D eigenvalue weighted by Gasteiger charge is 2.32. The Morgan fingerprint density at radius 1 is 1.33 bits per heavy atom. The topological polar surface area (TPSA) is 21.3 Å². The molecule has 0 aromatic heterocycles. The van der Waals surface area contributed by atoms with E-state index in [4.69, 9.17) is 16.3 Å². The zero-order chi connectivity index (χ0) is 12.5. The molecule has 1 fully saturated rings. The molecule has 1 aliphatic rings. The summed E-state index contributed by atoms with van der Waals surface area (Å²) in [6.07, 6.45) is -4.35. The van der Waals surface area contributed by atoms with Gasteiger partial charge in [0, 0.05) is 11.6 Å². The molecule has 1 atom stereocenters. The van der Waals surface area contributed by atoms with Crippen LogP contribution in [0.25, 0.3) is 0 Å². The summed E-state index contributed by atoms with van der Waals surface area (Å²) in [5.41, 5.74) is -0.259. The standard InChI is InChI=1S/C11H11ClF3NO.ClH/c12-9-2-1-7(11(13,14)15)5-8(9)10-6-17-4-3-16-10;/h1-2,5,10,16H,3-4,6H2;1H/t10-;/m1./s1. The van der Waals surface area contributed by atoms with E-state index in [1.54, 1.807) is 0 Å². The van der Waals surface area contributed by atoms with Crippen molar-refractivity contribution >= 4 is 24.0 Å². The third-order valence-corrected chi connectivity index (χ3v) is 2.96. The molecule has 1 aliphatic heterocycles. The Morgan fingerprint density at radius 2 is 2.06 bits per heavy atom. The van der Waals surface area contributed by atoms with Gasteiger partial charge in [-0.15, -0.1) is 12.4 Å². The van der Waals surface area contributed by atoms with E-state index in [2.05, 4.69) is 5.32 Å². The molecule has 7 heteroatoms. The lowest BCUT2D eigenvalue weighted by Gasteiger charge is -2.25.